The molecular formula is C16H21N3O3. The van der Waals surface area contributed by atoms with E-state index in [2.05, 4.69) is 36.8 Å². The number of H-pyrrole nitrogens is 2. The summed E-state index contributed by atoms with van der Waals surface area (Å²) >= 11 is 0. The van der Waals surface area contributed by atoms with E-state index in [1.807, 2.05) is 19.9 Å². The second-order valence-corrected chi connectivity index (χ2v) is 6.62. The van der Waals surface area contributed by atoms with Crippen molar-refractivity contribution in [3.63, 3.8) is 0 Å². The third kappa shape index (κ3) is 3.10. The summed E-state index contributed by atoms with van der Waals surface area (Å²) in [5.74, 6) is 0. The summed E-state index contributed by atoms with van der Waals surface area (Å²) in [7, 11) is 0. The normalized spacial score (nSPS) is 11.7. The fourth-order valence-corrected chi connectivity index (χ4v) is 2.62. The van der Waals surface area contributed by atoms with E-state index in [0.29, 0.717) is 0 Å². The van der Waals surface area contributed by atoms with Crippen LogP contribution in [0.5, 0.6) is 0 Å². The third-order valence-electron chi connectivity index (χ3n) is 3.75. The number of nitrogens with one attached hydrogen (secondary N) is 2. The average Bonchev–Trinajstić information content (AvgIpc) is 2.35. The van der Waals surface area contributed by atoms with Crippen LogP contribution >= 0.6 is 0 Å². The number of benzene rings is 1. The lowest BCUT2D eigenvalue weighted by atomic mass is 9.82. The summed E-state index contributed by atoms with van der Waals surface area (Å²) in [5, 5.41) is 0. The zero-order chi connectivity index (χ0) is 16.7. The van der Waals surface area contributed by atoms with Gasteiger partial charge in [-0.2, -0.15) is 0 Å². The van der Waals surface area contributed by atoms with Crippen molar-refractivity contribution >= 4 is 0 Å². The molecule has 1 aromatic heterocycles. The summed E-state index contributed by atoms with van der Waals surface area (Å²) < 4.78 is 0.986. The second-order valence-electron chi connectivity index (χ2n) is 6.62. The fourth-order valence-electron chi connectivity index (χ4n) is 2.62. The highest BCUT2D eigenvalue weighted by molar-refractivity contribution is 5.40. The number of hydrogen-bond donors (Lipinski definition) is 2. The van der Waals surface area contributed by atoms with Gasteiger partial charge in [-0.25, -0.2) is 19.0 Å². The summed E-state index contributed by atoms with van der Waals surface area (Å²) in [5.41, 5.74) is 2.06. The molecular weight excluding hydrogens is 282 g/mol. The van der Waals surface area contributed by atoms with Crippen molar-refractivity contribution < 1.29 is 0 Å². The van der Waals surface area contributed by atoms with Gasteiger partial charge in [-0.05, 0) is 41.5 Å². The number of rotatable bonds is 2. The molecule has 6 nitrogen and oxygen atoms in total. The first kappa shape index (κ1) is 16.0. The van der Waals surface area contributed by atoms with Gasteiger partial charge in [0.05, 0.1) is 6.54 Å². The fraction of sp³-hybridized carbons (Fsp3) is 0.438. The van der Waals surface area contributed by atoms with Crippen LogP contribution < -0.4 is 17.1 Å². The molecule has 0 amide bonds. The van der Waals surface area contributed by atoms with Crippen LogP contribution in [0.2, 0.25) is 0 Å². The van der Waals surface area contributed by atoms with Gasteiger partial charge in [-0.1, -0.05) is 32.9 Å². The van der Waals surface area contributed by atoms with Gasteiger partial charge in [0.2, 0.25) is 0 Å². The molecule has 0 fully saturated rings. The van der Waals surface area contributed by atoms with Gasteiger partial charge in [-0.15, -0.1) is 0 Å². The van der Waals surface area contributed by atoms with E-state index >= 15 is 0 Å². The van der Waals surface area contributed by atoms with Crippen molar-refractivity contribution in [3.05, 3.63) is 65.8 Å². The number of aromatic amines is 2. The van der Waals surface area contributed by atoms with Crippen LogP contribution in [0, 0.1) is 13.8 Å². The molecule has 2 rings (SSSR count). The Bertz CT molecular complexity index is 845. The first-order chi connectivity index (χ1) is 10.1. The average molecular weight is 303 g/mol. The van der Waals surface area contributed by atoms with Gasteiger partial charge in [0.1, 0.15) is 0 Å². The van der Waals surface area contributed by atoms with Gasteiger partial charge in [0.15, 0.2) is 0 Å². The van der Waals surface area contributed by atoms with Crippen LogP contribution in [0.1, 0.15) is 43.0 Å². The lowest BCUT2D eigenvalue weighted by molar-refractivity contribution is 0.584. The van der Waals surface area contributed by atoms with Crippen molar-refractivity contribution in [2.75, 3.05) is 0 Å². The minimum absolute atomic E-state index is 0.0274. The molecule has 0 atom stereocenters. The van der Waals surface area contributed by atoms with Crippen molar-refractivity contribution in [2.45, 2.75) is 46.6 Å². The molecule has 118 valence electrons. The van der Waals surface area contributed by atoms with Gasteiger partial charge in [0.25, 0.3) is 0 Å². The van der Waals surface area contributed by atoms with Crippen LogP contribution in [0.15, 0.2) is 26.5 Å². The first-order valence-electron chi connectivity index (χ1n) is 7.13. The summed E-state index contributed by atoms with van der Waals surface area (Å²) in [4.78, 5) is 38.7. The van der Waals surface area contributed by atoms with Crippen molar-refractivity contribution in [3.8, 4) is 0 Å². The molecule has 0 aliphatic rings. The van der Waals surface area contributed by atoms with Gasteiger partial charge >= 0.3 is 17.1 Å². The summed E-state index contributed by atoms with van der Waals surface area (Å²) in [6.07, 6.45) is 0. The predicted molar refractivity (Wildman–Crippen MR) is 85.7 cm³/mol. The zero-order valence-corrected chi connectivity index (χ0v) is 13.5. The lowest BCUT2D eigenvalue weighted by Crippen LogP contribution is -2.43. The molecule has 6 heteroatoms. The molecule has 2 N–H and O–H groups in total. The monoisotopic (exact) mass is 303 g/mol. The maximum atomic E-state index is 11.8. The summed E-state index contributed by atoms with van der Waals surface area (Å²) in [6.45, 7) is 10.5. The standard InChI is InChI=1S/C16H21N3O3/c1-9-7-12(16(3,4)5)10(2)6-11(9)8-19-14(21)17-13(20)18-15(19)22/h6-7H,8H2,1-5H3,(H2,17,18,20,21,22). The minimum atomic E-state index is -0.790. The van der Waals surface area contributed by atoms with Crippen LogP contribution in [0.25, 0.3) is 0 Å². The van der Waals surface area contributed by atoms with Crippen LogP contribution in [-0.4, -0.2) is 14.5 Å². The topological polar surface area (TPSA) is 87.7 Å². The SMILES string of the molecule is Cc1cc(C(C)(C)C)c(C)cc1Cn1c(=O)[nH]c(=O)[nH]c1=O. The molecule has 0 bridgehead atoms. The number of aromatic nitrogens is 3. The Morgan fingerprint density at radius 3 is 2.00 bits per heavy atom. The molecule has 0 saturated carbocycles. The number of nitrogens with zero attached hydrogens (tertiary/aromatic N) is 1. The molecule has 2 aromatic rings. The van der Waals surface area contributed by atoms with E-state index in [9.17, 15) is 14.4 Å². The highest BCUT2D eigenvalue weighted by Gasteiger charge is 2.18. The quantitative estimate of drug-likeness (QED) is 0.873. The maximum Gasteiger partial charge on any atom is 0.333 e. The maximum absolute atomic E-state index is 11.8. The van der Waals surface area contributed by atoms with Crippen molar-refractivity contribution in [1.82, 2.24) is 14.5 Å². The van der Waals surface area contributed by atoms with Crippen LogP contribution in [-0.2, 0) is 12.0 Å². The highest BCUT2D eigenvalue weighted by Crippen LogP contribution is 2.28. The van der Waals surface area contributed by atoms with Gasteiger partial charge in [-0.3, -0.25) is 9.97 Å². The molecule has 1 heterocycles. The van der Waals surface area contributed by atoms with E-state index in [-0.39, 0.29) is 12.0 Å². The molecule has 22 heavy (non-hydrogen) atoms. The van der Waals surface area contributed by atoms with E-state index in [1.54, 1.807) is 0 Å². The molecule has 0 unspecified atom stereocenters. The third-order valence-corrected chi connectivity index (χ3v) is 3.75. The van der Waals surface area contributed by atoms with Crippen LogP contribution in [0.4, 0.5) is 0 Å². The van der Waals surface area contributed by atoms with E-state index in [0.717, 1.165) is 21.3 Å². The number of aryl methyl sites for hydroxylation is 2. The van der Waals surface area contributed by atoms with Gasteiger partial charge in [0, 0.05) is 0 Å². The van der Waals surface area contributed by atoms with Crippen molar-refractivity contribution in [1.29, 1.82) is 0 Å². The summed E-state index contributed by atoms with van der Waals surface area (Å²) in [6, 6.07) is 4.09. The van der Waals surface area contributed by atoms with E-state index in [4.69, 9.17) is 0 Å². The lowest BCUT2D eigenvalue weighted by Gasteiger charge is -2.23. The Morgan fingerprint density at radius 1 is 0.955 bits per heavy atom. The Kier molecular flexibility index (Phi) is 3.96. The predicted octanol–water partition coefficient (Wildman–Crippen LogP) is 1.19. The largest absolute Gasteiger partial charge is 0.333 e. The smallest absolute Gasteiger partial charge is 0.259 e. The molecule has 1 aromatic carbocycles. The zero-order valence-electron chi connectivity index (χ0n) is 13.5. The highest BCUT2D eigenvalue weighted by atomic mass is 16.2. The van der Waals surface area contributed by atoms with E-state index in [1.165, 1.54) is 5.56 Å². The van der Waals surface area contributed by atoms with Crippen molar-refractivity contribution in [2.24, 2.45) is 0 Å². The second kappa shape index (κ2) is 5.44. The molecule has 0 radical (unpaired) electrons. The molecule has 0 aliphatic heterocycles. The molecule has 0 saturated heterocycles. The Morgan fingerprint density at radius 2 is 1.50 bits per heavy atom. The van der Waals surface area contributed by atoms with Gasteiger partial charge < -0.3 is 0 Å². The van der Waals surface area contributed by atoms with E-state index < -0.39 is 17.1 Å². The molecule has 0 spiro atoms. The van der Waals surface area contributed by atoms with Crippen LogP contribution in [0.3, 0.4) is 0 Å². The Labute approximate surface area is 127 Å². The minimum Gasteiger partial charge on any atom is -0.259 e. The Hall–Kier alpha value is -2.37. The number of hydrogen-bond acceptors (Lipinski definition) is 3. The first-order valence-corrected chi connectivity index (χ1v) is 7.13. The Balaban J connectivity index is 2.53. The molecule has 0 aliphatic carbocycles.